The SMILES string of the molecule is CN(C(=O)c1cccc(Cl)n1)c1cccc(F)c1. The van der Waals surface area contributed by atoms with Gasteiger partial charge in [0.1, 0.15) is 16.7 Å². The Morgan fingerprint density at radius 1 is 1.28 bits per heavy atom. The van der Waals surface area contributed by atoms with Crippen LogP contribution in [0.1, 0.15) is 10.5 Å². The number of hydrogen-bond acceptors (Lipinski definition) is 2. The molecule has 0 aliphatic heterocycles. The van der Waals surface area contributed by atoms with E-state index in [1.54, 1.807) is 37.4 Å². The zero-order chi connectivity index (χ0) is 13.1. The number of rotatable bonds is 2. The summed E-state index contributed by atoms with van der Waals surface area (Å²) in [6, 6.07) is 10.6. The average molecular weight is 265 g/mol. The van der Waals surface area contributed by atoms with Crippen LogP contribution in [0.3, 0.4) is 0 Å². The van der Waals surface area contributed by atoms with E-state index in [1.807, 2.05) is 0 Å². The van der Waals surface area contributed by atoms with Gasteiger partial charge < -0.3 is 4.90 Å². The number of hydrogen-bond donors (Lipinski definition) is 0. The highest BCUT2D eigenvalue weighted by atomic mass is 35.5. The number of nitrogens with zero attached hydrogens (tertiary/aromatic N) is 2. The number of carbonyl (C=O) groups is 1. The highest BCUT2D eigenvalue weighted by Gasteiger charge is 2.15. The van der Waals surface area contributed by atoms with Crippen LogP contribution in [0, 0.1) is 5.82 Å². The summed E-state index contributed by atoms with van der Waals surface area (Å²) in [5.74, 6) is -0.741. The smallest absolute Gasteiger partial charge is 0.276 e. The van der Waals surface area contributed by atoms with Gasteiger partial charge in [-0.1, -0.05) is 23.7 Å². The maximum Gasteiger partial charge on any atom is 0.276 e. The summed E-state index contributed by atoms with van der Waals surface area (Å²) in [7, 11) is 1.56. The second kappa shape index (κ2) is 5.14. The molecule has 0 aliphatic carbocycles. The second-order valence-corrected chi connectivity index (χ2v) is 4.08. The molecule has 0 radical (unpaired) electrons. The predicted molar refractivity (Wildman–Crippen MR) is 68.4 cm³/mol. The van der Waals surface area contributed by atoms with Crippen LogP contribution in [0.15, 0.2) is 42.5 Å². The summed E-state index contributed by atoms with van der Waals surface area (Å²) in [4.78, 5) is 17.3. The highest BCUT2D eigenvalue weighted by Crippen LogP contribution is 2.16. The molecule has 2 aromatic rings. The Morgan fingerprint density at radius 3 is 2.67 bits per heavy atom. The summed E-state index contributed by atoms with van der Waals surface area (Å²) in [6.07, 6.45) is 0. The lowest BCUT2D eigenvalue weighted by atomic mass is 10.2. The first-order valence-electron chi connectivity index (χ1n) is 5.24. The minimum atomic E-state index is -0.397. The number of anilines is 1. The van der Waals surface area contributed by atoms with E-state index < -0.39 is 5.82 Å². The fraction of sp³-hybridized carbons (Fsp3) is 0.0769. The van der Waals surface area contributed by atoms with E-state index >= 15 is 0 Å². The highest BCUT2D eigenvalue weighted by molar-refractivity contribution is 6.29. The van der Waals surface area contributed by atoms with Crippen molar-refractivity contribution < 1.29 is 9.18 Å². The molecular weight excluding hydrogens is 255 g/mol. The van der Waals surface area contributed by atoms with Crippen LogP contribution in [0.25, 0.3) is 0 Å². The third kappa shape index (κ3) is 2.65. The van der Waals surface area contributed by atoms with Crippen molar-refractivity contribution in [1.82, 2.24) is 4.98 Å². The first kappa shape index (κ1) is 12.5. The van der Waals surface area contributed by atoms with Crippen LogP contribution >= 0.6 is 11.6 Å². The van der Waals surface area contributed by atoms with E-state index in [0.717, 1.165) is 0 Å². The molecule has 0 unspecified atom stereocenters. The Balaban J connectivity index is 2.29. The first-order valence-corrected chi connectivity index (χ1v) is 5.62. The number of aromatic nitrogens is 1. The molecule has 1 aromatic heterocycles. The van der Waals surface area contributed by atoms with Crippen molar-refractivity contribution >= 4 is 23.2 Å². The molecule has 0 aliphatic rings. The summed E-state index contributed by atoms with van der Waals surface area (Å²) in [5, 5.41) is 0.244. The van der Waals surface area contributed by atoms with Crippen LogP contribution in [-0.2, 0) is 0 Å². The third-order valence-corrected chi connectivity index (χ3v) is 2.64. The summed E-state index contributed by atoms with van der Waals surface area (Å²) in [6.45, 7) is 0. The molecule has 92 valence electrons. The van der Waals surface area contributed by atoms with Crippen molar-refractivity contribution in [1.29, 1.82) is 0 Å². The normalized spacial score (nSPS) is 10.2. The Kier molecular flexibility index (Phi) is 3.58. The average Bonchev–Trinajstić information content (AvgIpc) is 2.37. The standard InChI is InChI=1S/C13H10ClFN2O/c1-17(10-5-2-4-9(15)8-10)13(18)11-6-3-7-12(14)16-11/h2-8H,1H3. The lowest BCUT2D eigenvalue weighted by molar-refractivity contribution is 0.0988. The van der Waals surface area contributed by atoms with Gasteiger partial charge in [0.05, 0.1) is 0 Å². The second-order valence-electron chi connectivity index (χ2n) is 3.69. The van der Waals surface area contributed by atoms with Crippen molar-refractivity contribution in [3.05, 3.63) is 59.1 Å². The lowest BCUT2D eigenvalue weighted by Gasteiger charge is -2.16. The van der Waals surface area contributed by atoms with E-state index in [4.69, 9.17) is 11.6 Å². The van der Waals surface area contributed by atoms with Crippen LogP contribution in [0.2, 0.25) is 5.15 Å². The topological polar surface area (TPSA) is 33.2 Å². The Labute approximate surface area is 109 Å². The van der Waals surface area contributed by atoms with Crippen molar-refractivity contribution in [3.63, 3.8) is 0 Å². The van der Waals surface area contributed by atoms with Crippen molar-refractivity contribution in [2.75, 3.05) is 11.9 Å². The molecule has 0 fully saturated rings. The number of halogens is 2. The molecule has 0 saturated heterocycles. The van der Waals surface area contributed by atoms with E-state index in [-0.39, 0.29) is 16.8 Å². The van der Waals surface area contributed by atoms with Gasteiger partial charge in [-0.05, 0) is 30.3 Å². The number of carbonyl (C=O) groups excluding carboxylic acids is 1. The van der Waals surface area contributed by atoms with Gasteiger partial charge in [-0.2, -0.15) is 0 Å². The van der Waals surface area contributed by atoms with Gasteiger partial charge in [0.15, 0.2) is 0 Å². The van der Waals surface area contributed by atoms with E-state index in [1.165, 1.54) is 17.0 Å². The quantitative estimate of drug-likeness (QED) is 0.781. The molecule has 0 saturated carbocycles. The van der Waals surface area contributed by atoms with Gasteiger partial charge in [-0.25, -0.2) is 9.37 Å². The lowest BCUT2D eigenvalue weighted by Crippen LogP contribution is -2.27. The summed E-state index contributed by atoms with van der Waals surface area (Å²) in [5.41, 5.74) is 0.677. The van der Waals surface area contributed by atoms with Crippen LogP contribution < -0.4 is 4.90 Å². The molecule has 0 spiro atoms. The van der Waals surface area contributed by atoms with Gasteiger partial charge in [-0.3, -0.25) is 4.79 Å². The van der Waals surface area contributed by atoms with E-state index in [0.29, 0.717) is 5.69 Å². The molecule has 18 heavy (non-hydrogen) atoms. The van der Waals surface area contributed by atoms with Crippen molar-refractivity contribution in [2.24, 2.45) is 0 Å². The van der Waals surface area contributed by atoms with Gasteiger partial charge in [0.25, 0.3) is 5.91 Å². The number of benzene rings is 1. The fourth-order valence-electron chi connectivity index (χ4n) is 1.50. The molecule has 0 atom stereocenters. The molecular formula is C13H10ClFN2O. The molecule has 5 heteroatoms. The first-order chi connectivity index (χ1) is 8.58. The predicted octanol–water partition coefficient (Wildman–Crippen LogP) is 3.15. The third-order valence-electron chi connectivity index (χ3n) is 2.43. The maximum atomic E-state index is 13.1. The Morgan fingerprint density at radius 2 is 2.00 bits per heavy atom. The molecule has 2 rings (SSSR count). The number of pyridine rings is 1. The molecule has 0 bridgehead atoms. The zero-order valence-corrected chi connectivity index (χ0v) is 10.4. The number of amides is 1. The van der Waals surface area contributed by atoms with Crippen LogP contribution in [-0.4, -0.2) is 17.9 Å². The molecule has 0 N–H and O–H groups in total. The van der Waals surface area contributed by atoms with Crippen molar-refractivity contribution in [3.8, 4) is 0 Å². The van der Waals surface area contributed by atoms with Crippen LogP contribution in [0.4, 0.5) is 10.1 Å². The Bertz CT molecular complexity index is 589. The minimum absolute atomic E-state index is 0.217. The van der Waals surface area contributed by atoms with E-state index in [2.05, 4.69) is 4.98 Å². The zero-order valence-electron chi connectivity index (χ0n) is 9.60. The summed E-state index contributed by atoms with van der Waals surface area (Å²) >= 11 is 5.72. The molecule has 1 amide bonds. The molecule has 1 aromatic carbocycles. The fourth-order valence-corrected chi connectivity index (χ4v) is 1.67. The van der Waals surface area contributed by atoms with Crippen LogP contribution in [0.5, 0.6) is 0 Å². The summed E-state index contributed by atoms with van der Waals surface area (Å²) < 4.78 is 13.1. The van der Waals surface area contributed by atoms with Gasteiger partial charge in [0, 0.05) is 12.7 Å². The van der Waals surface area contributed by atoms with Gasteiger partial charge >= 0.3 is 0 Å². The van der Waals surface area contributed by atoms with Gasteiger partial charge in [-0.15, -0.1) is 0 Å². The molecule has 1 heterocycles. The minimum Gasteiger partial charge on any atom is -0.310 e. The van der Waals surface area contributed by atoms with Gasteiger partial charge in [0.2, 0.25) is 0 Å². The van der Waals surface area contributed by atoms with Crippen molar-refractivity contribution in [2.45, 2.75) is 0 Å². The van der Waals surface area contributed by atoms with E-state index in [9.17, 15) is 9.18 Å². The molecule has 3 nitrogen and oxygen atoms in total. The Hall–Kier alpha value is -1.94. The monoisotopic (exact) mass is 264 g/mol. The largest absolute Gasteiger partial charge is 0.310 e. The maximum absolute atomic E-state index is 13.1.